The summed E-state index contributed by atoms with van der Waals surface area (Å²) in [4.78, 5) is 0. The number of halogens is 8. The molecule has 0 saturated heterocycles. The van der Waals surface area contributed by atoms with E-state index in [0.29, 0.717) is 0 Å². The number of ether oxygens (including phenoxy) is 1. The van der Waals surface area contributed by atoms with Gasteiger partial charge in [0.2, 0.25) is 0 Å². The van der Waals surface area contributed by atoms with Gasteiger partial charge in [0.25, 0.3) is 0 Å². The summed E-state index contributed by atoms with van der Waals surface area (Å²) in [6, 6.07) is 0. The Labute approximate surface area is 96.5 Å². The second kappa shape index (κ2) is 4.45. The predicted octanol–water partition coefficient (Wildman–Crippen LogP) is 3.80. The number of thiol groups is 1. The largest absolute Gasteiger partial charge is 0.426 e. The zero-order valence-corrected chi connectivity index (χ0v) is 9.35. The lowest BCUT2D eigenvalue weighted by Gasteiger charge is -2.35. The van der Waals surface area contributed by atoms with Crippen LogP contribution in [0.3, 0.4) is 0 Å². The molecule has 0 aromatic heterocycles. The Morgan fingerprint density at radius 1 is 0.824 bits per heavy atom. The maximum Gasteiger partial charge on any atom is 0.426 e. The molecule has 0 atom stereocenters. The van der Waals surface area contributed by atoms with Crippen molar-refractivity contribution in [1.82, 2.24) is 0 Å². The van der Waals surface area contributed by atoms with E-state index in [4.69, 9.17) is 0 Å². The van der Waals surface area contributed by atoms with E-state index < -0.39 is 29.3 Å². The van der Waals surface area contributed by atoms with Crippen molar-refractivity contribution < 1.29 is 39.9 Å². The predicted molar refractivity (Wildman–Crippen MR) is 45.0 cm³/mol. The molecule has 0 amide bonds. The van der Waals surface area contributed by atoms with Gasteiger partial charge in [0.15, 0.2) is 0 Å². The minimum Gasteiger partial charge on any atom is -0.313 e. The van der Waals surface area contributed by atoms with E-state index in [9.17, 15) is 35.1 Å². The highest BCUT2D eigenvalue weighted by molar-refractivity contribution is 7.81. The molecule has 1 nitrogen and oxygen atoms in total. The van der Waals surface area contributed by atoms with Crippen LogP contribution in [0.1, 0.15) is 13.8 Å². The van der Waals surface area contributed by atoms with E-state index in [1.807, 2.05) is 12.6 Å². The Bertz CT molecular complexity index is 272. The average molecular weight is 292 g/mol. The van der Waals surface area contributed by atoms with Gasteiger partial charge >= 0.3 is 23.2 Å². The fraction of sp³-hybridized carbons (Fsp3) is 1.00. The van der Waals surface area contributed by atoms with E-state index in [0.717, 1.165) is 13.8 Å². The van der Waals surface area contributed by atoms with E-state index in [2.05, 4.69) is 4.74 Å². The van der Waals surface area contributed by atoms with Gasteiger partial charge in [-0.1, -0.05) is 12.6 Å². The van der Waals surface area contributed by atoms with Gasteiger partial charge in [-0.3, -0.25) is 0 Å². The third kappa shape index (κ3) is 2.95. The van der Waals surface area contributed by atoms with Crippen LogP contribution in [0.15, 0.2) is 0 Å². The molecule has 10 heteroatoms. The minimum atomic E-state index is -6.41. The number of hydrogen-bond acceptors (Lipinski definition) is 2. The Hall–Kier alpha value is -0.250. The van der Waals surface area contributed by atoms with Crippen LogP contribution in [0.25, 0.3) is 0 Å². The molecule has 0 aliphatic heterocycles. The van der Waals surface area contributed by atoms with Crippen LogP contribution in [0.4, 0.5) is 35.1 Å². The van der Waals surface area contributed by atoms with Crippen molar-refractivity contribution in [3.8, 4) is 0 Å². The first-order valence-corrected chi connectivity index (χ1v) is 4.53. The minimum absolute atomic E-state index is 0.848. The number of rotatable bonds is 5. The Balaban J connectivity index is 5.39. The molecule has 0 bridgehead atoms. The summed E-state index contributed by atoms with van der Waals surface area (Å²) in [6.45, 7) is 1.70. The Morgan fingerprint density at radius 2 is 1.18 bits per heavy atom. The van der Waals surface area contributed by atoms with Gasteiger partial charge in [-0.15, -0.1) is 0 Å². The van der Waals surface area contributed by atoms with Crippen LogP contribution in [0, 0.1) is 0 Å². The Kier molecular flexibility index (Phi) is 4.38. The molecule has 0 rings (SSSR count). The second-order valence-corrected chi connectivity index (χ2v) is 3.94. The van der Waals surface area contributed by atoms with Crippen LogP contribution in [0.2, 0.25) is 0 Å². The Morgan fingerprint density at radius 3 is 1.41 bits per heavy atom. The monoisotopic (exact) mass is 292 g/mol. The summed E-state index contributed by atoms with van der Waals surface area (Å²) in [7, 11) is 0. The van der Waals surface area contributed by atoms with Crippen LogP contribution in [0.5, 0.6) is 0 Å². The normalized spacial score (nSPS) is 15.5. The van der Waals surface area contributed by atoms with Gasteiger partial charge in [0.05, 0.1) is 6.10 Å². The summed E-state index contributed by atoms with van der Waals surface area (Å²) in [5.74, 6) is -12.8. The third-order valence-electron chi connectivity index (χ3n) is 1.52. The molecule has 0 unspecified atom stereocenters. The van der Waals surface area contributed by atoms with Crippen molar-refractivity contribution in [1.29, 1.82) is 0 Å². The highest BCUT2D eigenvalue weighted by atomic mass is 32.1. The number of alkyl halides is 8. The van der Waals surface area contributed by atoms with Crippen LogP contribution >= 0.6 is 12.6 Å². The maximum atomic E-state index is 12.7. The summed E-state index contributed by atoms with van der Waals surface area (Å²) in [6.07, 6.45) is -7.32. The zero-order chi connectivity index (χ0) is 14.3. The van der Waals surface area contributed by atoms with Crippen LogP contribution < -0.4 is 0 Å². The number of hydrogen-bond donors (Lipinski definition) is 1. The average Bonchev–Trinajstić information content (AvgIpc) is 1.98. The highest BCUT2D eigenvalue weighted by Gasteiger charge is 2.81. The molecule has 0 spiro atoms. The van der Waals surface area contributed by atoms with Crippen molar-refractivity contribution in [3.05, 3.63) is 0 Å². The molecular formula is C7H8F8OS. The van der Waals surface area contributed by atoms with E-state index in [-0.39, 0.29) is 0 Å². The molecule has 0 aromatic rings. The van der Waals surface area contributed by atoms with Gasteiger partial charge in [0, 0.05) is 0 Å². The molecular weight excluding hydrogens is 284 g/mol. The van der Waals surface area contributed by atoms with E-state index in [1.54, 1.807) is 0 Å². The van der Waals surface area contributed by atoms with Crippen LogP contribution in [-0.2, 0) is 4.74 Å². The van der Waals surface area contributed by atoms with E-state index >= 15 is 0 Å². The smallest absolute Gasteiger partial charge is 0.313 e. The van der Waals surface area contributed by atoms with Crippen LogP contribution in [-0.4, -0.2) is 29.3 Å². The highest BCUT2D eigenvalue weighted by Crippen LogP contribution is 2.54. The standard InChI is InChI=1S/C7H8F8OS/c1-3(2)16-6(12,13)4(8,9)5(10,11)7(14,15)17/h3,17H,1-2H3. The van der Waals surface area contributed by atoms with Crippen molar-refractivity contribution in [3.63, 3.8) is 0 Å². The molecule has 104 valence electrons. The van der Waals surface area contributed by atoms with E-state index in [1.165, 1.54) is 0 Å². The van der Waals surface area contributed by atoms with Crippen molar-refractivity contribution in [2.24, 2.45) is 0 Å². The van der Waals surface area contributed by atoms with Gasteiger partial charge in [-0.25, -0.2) is 0 Å². The molecule has 0 radical (unpaired) electrons. The summed E-state index contributed by atoms with van der Waals surface area (Å²) >= 11 is 1.90. The van der Waals surface area contributed by atoms with Crippen molar-refractivity contribution in [2.75, 3.05) is 0 Å². The molecule has 0 N–H and O–H groups in total. The topological polar surface area (TPSA) is 9.23 Å². The lowest BCUT2D eigenvalue weighted by Crippen LogP contribution is -2.61. The third-order valence-corrected chi connectivity index (χ3v) is 1.80. The van der Waals surface area contributed by atoms with Gasteiger partial charge in [0.1, 0.15) is 0 Å². The summed E-state index contributed by atoms with van der Waals surface area (Å²) in [5, 5.41) is -5.62. The molecule has 17 heavy (non-hydrogen) atoms. The first-order valence-electron chi connectivity index (χ1n) is 4.08. The molecule has 0 saturated carbocycles. The summed E-state index contributed by atoms with van der Waals surface area (Å²) in [5.41, 5.74) is 0. The first-order chi connectivity index (χ1) is 7.17. The van der Waals surface area contributed by atoms with Gasteiger partial charge in [-0.2, -0.15) is 35.1 Å². The SMILES string of the molecule is CC(C)OC(F)(F)C(F)(F)C(F)(F)C(F)(F)S. The quantitative estimate of drug-likeness (QED) is 0.599. The fourth-order valence-electron chi connectivity index (χ4n) is 0.742. The second-order valence-electron chi connectivity index (χ2n) is 3.37. The first kappa shape index (κ1) is 16.8. The fourth-order valence-corrected chi connectivity index (χ4v) is 0.882. The molecule has 0 heterocycles. The lowest BCUT2D eigenvalue weighted by molar-refractivity contribution is -0.422. The van der Waals surface area contributed by atoms with Gasteiger partial charge in [-0.05, 0) is 13.8 Å². The van der Waals surface area contributed by atoms with Gasteiger partial charge < -0.3 is 4.74 Å². The zero-order valence-electron chi connectivity index (χ0n) is 8.46. The molecule has 0 aliphatic rings. The van der Waals surface area contributed by atoms with Crippen molar-refractivity contribution >= 4 is 12.6 Å². The maximum absolute atomic E-state index is 12.7. The van der Waals surface area contributed by atoms with Crippen molar-refractivity contribution in [2.45, 2.75) is 43.2 Å². The lowest BCUT2D eigenvalue weighted by atomic mass is 10.1. The molecule has 0 fully saturated rings. The molecule has 0 aromatic carbocycles. The summed E-state index contributed by atoms with van der Waals surface area (Å²) < 4.78 is 103. The molecule has 0 aliphatic carbocycles.